The van der Waals surface area contributed by atoms with E-state index in [-0.39, 0.29) is 18.4 Å². The topological polar surface area (TPSA) is 66.8 Å². The second-order valence-electron chi connectivity index (χ2n) is 7.10. The number of halogens is 1. The SMILES string of the molecule is O=C(O)[C@@H]1CN(C(=O)c2ccc3c(c2)CCOC3)C[C@H]1c1ccc(Cl)cc1. The molecule has 0 unspecified atom stereocenters. The third-order valence-electron chi connectivity index (χ3n) is 5.45. The summed E-state index contributed by atoms with van der Waals surface area (Å²) in [6, 6.07) is 12.9. The van der Waals surface area contributed by atoms with E-state index in [1.807, 2.05) is 24.3 Å². The maximum absolute atomic E-state index is 13.0. The van der Waals surface area contributed by atoms with Crippen molar-refractivity contribution in [2.75, 3.05) is 19.7 Å². The molecule has 6 heteroatoms. The Kier molecular flexibility index (Phi) is 4.89. The molecule has 2 aliphatic rings. The van der Waals surface area contributed by atoms with Crippen LogP contribution >= 0.6 is 11.6 Å². The lowest BCUT2D eigenvalue weighted by Gasteiger charge is -2.20. The van der Waals surface area contributed by atoms with Gasteiger partial charge in [0.1, 0.15) is 0 Å². The largest absolute Gasteiger partial charge is 0.481 e. The molecule has 2 aliphatic heterocycles. The monoisotopic (exact) mass is 385 g/mol. The second kappa shape index (κ2) is 7.33. The quantitative estimate of drug-likeness (QED) is 0.879. The Morgan fingerprint density at radius 3 is 2.59 bits per heavy atom. The number of amides is 1. The van der Waals surface area contributed by atoms with Crippen LogP contribution in [0.3, 0.4) is 0 Å². The van der Waals surface area contributed by atoms with Gasteiger partial charge in [0, 0.05) is 29.6 Å². The Morgan fingerprint density at radius 2 is 1.85 bits per heavy atom. The molecule has 0 bridgehead atoms. The number of carbonyl (C=O) groups excluding carboxylic acids is 1. The molecule has 2 aromatic carbocycles. The highest BCUT2D eigenvalue weighted by Crippen LogP contribution is 2.34. The second-order valence-corrected chi connectivity index (χ2v) is 7.54. The molecule has 2 atom stereocenters. The van der Waals surface area contributed by atoms with Gasteiger partial charge < -0.3 is 14.7 Å². The molecule has 0 saturated carbocycles. The lowest BCUT2D eigenvalue weighted by molar-refractivity contribution is -0.141. The normalized spacial score (nSPS) is 21.7. The van der Waals surface area contributed by atoms with E-state index in [1.54, 1.807) is 23.1 Å². The van der Waals surface area contributed by atoms with Crippen LogP contribution in [0.15, 0.2) is 42.5 Å². The zero-order chi connectivity index (χ0) is 19.0. The van der Waals surface area contributed by atoms with Gasteiger partial charge in [0.25, 0.3) is 5.91 Å². The molecule has 140 valence electrons. The van der Waals surface area contributed by atoms with Crippen molar-refractivity contribution >= 4 is 23.5 Å². The fourth-order valence-electron chi connectivity index (χ4n) is 3.95. The molecule has 27 heavy (non-hydrogen) atoms. The van der Waals surface area contributed by atoms with E-state index in [2.05, 4.69) is 0 Å². The van der Waals surface area contributed by atoms with Crippen LogP contribution in [-0.2, 0) is 22.6 Å². The van der Waals surface area contributed by atoms with Crippen LogP contribution < -0.4 is 0 Å². The van der Waals surface area contributed by atoms with Crippen molar-refractivity contribution in [1.82, 2.24) is 4.90 Å². The van der Waals surface area contributed by atoms with Crippen LogP contribution in [-0.4, -0.2) is 41.6 Å². The number of hydrogen-bond donors (Lipinski definition) is 1. The minimum absolute atomic E-state index is 0.119. The van der Waals surface area contributed by atoms with Crippen molar-refractivity contribution in [3.63, 3.8) is 0 Å². The Labute approximate surface area is 162 Å². The van der Waals surface area contributed by atoms with Gasteiger partial charge in [0.15, 0.2) is 0 Å². The smallest absolute Gasteiger partial charge is 0.308 e. The Hall–Kier alpha value is -2.37. The van der Waals surface area contributed by atoms with Gasteiger partial charge >= 0.3 is 5.97 Å². The van der Waals surface area contributed by atoms with E-state index >= 15 is 0 Å². The molecule has 0 aliphatic carbocycles. The number of carboxylic acids is 1. The number of nitrogens with zero attached hydrogens (tertiary/aromatic N) is 1. The first-order valence-corrected chi connectivity index (χ1v) is 9.38. The number of likely N-dealkylation sites (tertiary alicyclic amines) is 1. The van der Waals surface area contributed by atoms with Crippen molar-refractivity contribution in [3.8, 4) is 0 Å². The number of benzene rings is 2. The maximum atomic E-state index is 13.0. The molecule has 0 radical (unpaired) electrons. The van der Waals surface area contributed by atoms with Gasteiger partial charge in [-0.05, 0) is 47.4 Å². The van der Waals surface area contributed by atoms with Crippen LogP contribution in [0.2, 0.25) is 5.02 Å². The van der Waals surface area contributed by atoms with E-state index < -0.39 is 11.9 Å². The van der Waals surface area contributed by atoms with Crippen LogP contribution in [0.5, 0.6) is 0 Å². The zero-order valence-electron chi connectivity index (χ0n) is 14.7. The summed E-state index contributed by atoms with van der Waals surface area (Å²) in [5, 5.41) is 10.3. The molecular weight excluding hydrogens is 366 g/mol. The lowest BCUT2D eigenvalue weighted by Crippen LogP contribution is -2.30. The summed E-state index contributed by atoms with van der Waals surface area (Å²) >= 11 is 5.94. The highest BCUT2D eigenvalue weighted by molar-refractivity contribution is 6.30. The number of ether oxygens (including phenoxy) is 1. The van der Waals surface area contributed by atoms with Crippen LogP contribution in [0.4, 0.5) is 0 Å². The molecule has 1 saturated heterocycles. The Morgan fingerprint density at radius 1 is 1.07 bits per heavy atom. The van der Waals surface area contributed by atoms with Gasteiger partial charge in [-0.25, -0.2) is 0 Å². The third-order valence-corrected chi connectivity index (χ3v) is 5.70. The van der Waals surface area contributed by atoms with Gasteiger partial charge in [-0.2, -0.15) is 0 Å². The summed E-state index contributed by atoms with van der Waals surface area (Å²) in [6.07, 6.45) is 0.793. The zero-order valence-corrected chi connectivity index (χ0v) is 15.5. The standard InChI is InChI=1S/C21H20ClNO4/c22-17-5-3-13(4-6-17)18-10-23(11-19(18)21(25)26)20(24)15-1-2-16-12-27-8-7-14(16)9-15/h1-6,9,18-19H,7-8,10-12H2,(H,25,26)/t18-,19+/m0/s1. The minimum Gasteiger partial charge on any atom is -0.481 e. The summed E-state index contributed by atoms with van der Waals surface area (Å²) in [7, 11) is 0. The highest BCUT2D eigenvalue weighted by atomic mass is 35.5. The molecule has 1 fully saturated rings. The Balaban J connectivity index is 1.58. The molecule has 2 aromatic rings. The van der Waals surface area contributed by atoms with Gasteiger partial charge in [-0.15, -0.1) is 0 Å². The number of rotatable bonds is 3. The van der Waals surface area contributed by atoms with Gasteiger partial charge in [-0.1, -0.05) is 29.8 Å². The fourth-order valence-corrected chi connectivity index (χ4v) is 4.07. The van der Waals surface area contributed by atoms with Gasteiger partial charge in [-0.3, -0.25) is 9.59 Å². The van der Waals surface area contributed by atoms with Crippen molar-refractivity contribution in [2.45, 2.75) is 18.9 Å². The molecule has 0 aromatic heterocycles. The summed E-state index contributed by atoms with van der Waals surface area (Å²) in [4.78, 5) is 26.4. The maximum Gasteiger partial charge on any atom is 0.308 e. The van der Waals surface area contributed by atoms with E-state index in [0.717, 1.165) is 23.1 Å². The predicted molar refractivity (Wildman–Crippen MR) is 101 cm³/mol. The fraction of sp³-hybridized carbons (Fsp3) is 0.333. The number of hydrogen-bond acceptors (Lipinski definition) is 3. The summed E-state index contributed by atoms with van der Waals surface area (Å²) in [5.41, 5.74) is 3.75. The number of carbonyl (C=O) groups is 2. The van der Waals surface area contributed by atoms with Gasteiger partial charge in [0.2, 0.25) is 0 Å². The first-order valence-electron chi connectivity index (χ1n) is 9.00. The van der Waals surface area contributed by atoms with Crippen LogP contribution in [0, 0.1) is 5.92 Å². The molecule has 1 amide bonds. The average molecular weight is 386 g/mol. The average Bonchev–Trinajstić information content (AvgIpc) is 3.13. The third kappa shape index (κ3) is 3.57. The van der Waals surface area contributed by atoms with E-state index in [9.17, 15) is 14.7 Å². The number of fused-ring (bicyclic) bond motifs is 1. The van der Waals surface area contributed by atoms with E-state index in [4.69, 9.17) is 16.3 Å². The number of aliphatic carboxylic acids is 1. The predicted octanol–water partition coefficient (Wildman–Crippen LogP) is 3.35. The molecule has 1 N–H and O–H groups in total. The van der Waals surface area contributed by atoms with E-state index in [1.165, 1.54) is 0 Å². The van der Waals surface area contributed by atoms with Crippen LogP contribution in [0.1, 0.15) is 33.0 Å². The molecule has 4 rings (SSSR count). The molecular formula is C21H20ClNO4. The van der Waals surface area contributed by atoms with Crippen molar-refractivity contribution in [3.05, 3.63) is 69.7 Å². The lowest BCUT2D eigenvalue weighted by atomic mass is 9.89. The Bertz CT molecular complexity index is 880. The van der Waals surface area contributed by atoms with E-state index in [0.29, 0.717) is 30.3 Å². The number of carboxylic acid groups (broad SMARTS) is 1. The first kappa shape index (κ1) is 18.0. The molecule has 2 heterocycles. The van der Waals surface area contributed by atoms with Gasteiger partial charge in [0.05, 0.1) is 19.1 Å². The summed E-state index contributed by atoms with van der Waals surface area (Å²) in [5.74, 6) is -1.87. The molecule has 0 spiro atoms. The van der Waals surface area contributed by atoms with Crippen molar-refractivity contribution in [2.24, 2.45) is 5.92 Å². The highest BCUT2D eigenvalue weighted by Gasteiger charge is 2.40. The van der Waals surface area contributed by atoms with Crippen LogP contribution in [0.25, 0.3) is 0 Å². The summed E-state index contributed by atoms with van der Waals surface area (Å²) < 4.78 is 5.44. The molecule has 5 nitrogen and oxygen atoms in total. The van der Waals surface area contributed by atoms with Crippen molar-refractivity contribution in [1.29, 1.82) is 0 Å². The van der Waals surface area contributed by atoms with Crippen molar-refractivity contribution < 1.29 is 19.4 Å². The first-order chi connectivity index (χ1) is 13.0. The summed E-state index contributed by atoms with van der Waals surface area (Å²) in [6.45, 7) is 1.83. The minimum atomic E-state index is -0.882.